The Morgan fingerprint density at radius 2 is 1.27 bits per heavy atom. The SMILES string of the molecule is c1ccc(Oc2ccc(CNCc3cccc4ccccc34)cc2)cc1. The molecule has 2 heteroatoms. The van der Waals surface area contributed by atoms with Gasteiger partial charge in [0.1, 0.15) is 11.5 Å². The van der Waals surface area contributed by atoms with E-state index in [1.807, 2.05) is 42.5 Å². The molecule has 0 fully saturated rings. The Hall–Kier alpha value is -3.10. The maximum atomic E-state index is 5.83. The fourth-order valence-corrected chi connectivity index (χ4v) is 3.09. The summed E-state index contributed by atoms with van der Waals surface area (Å²) in [5.74, 6) is 1.71. The molecule has 4 rings (SSSR count). The van der Waals surface area contributed by atoms with Crippen molar-refractivity contribution in [1.82, 2.24) is 5.32 Å². The van der Waals surface area contributed by atoms with Crippen LogP contribution in [0.3, 0.4) is 0 Å². The lowest BCUT2D eigenvalue weighted by molar-refractivity contribution is 0.482. The van der Waals surface area contributed by atoms with Gasteiger partial charge in [-0.25, -0.2) is 0 Å². The van der Waals surface area contributed by atoms with Crippen LogP contribution in [-0.4, -0.2) is 0 Å². The minimum atomic E-state index is 0.828. The summed E-state index contributed by atoms with van der Waals surface area (Å²) in [7, 11) is 0. The lowest BCUT2D eigenvalue weighted by atomic mass is 10.0. The van der Waals surface area contributed by atoms with Crippen LogP contribution in [0.1, 0.15) is 11.1 Å². The van der Waals surface area contributed by atoms with Crippen LogP contribution in [0, 0.1) is 0 Å². The molecule has 0 saturated carbocycles. The molecular formula is C24H21NO. The molecule has 0 aromatic heterocycles. The first-order chi connectivity index (χ1) is 12.9. The second-order valence-corrected chi connectivity index (χ2v) is 6.30. The Morgan fingerprint density at radius 1 is 0.577 bits per heavy atom. The molecule has 0 bridgehead atoms. The van der Waals surface area contributed by atoms with Crippen molar-refractivity contribution in [2.45, 2.75) is 13.1 Å². The van der Waals surface area contributed by atoms with Gasteiger partial charge in [0.05, 0.1) is 0 Å². The van der Waals surface area contributed by atoms with Crippen LogP contribution in [0.2, 0.25) is 0 Å². The zero-order valence-corrected chi connectivity index (χ0v) is 14.6. The zero-order valence-electron chi connectivity index (χ0n) is 14.6. The molecular weight excluding hydrogens is 318 g/mol. The van der Waals surface area contributed by atoms with Gasteiger partial charge in [-0.1, -0.05) is 72.8 Å². The average Bonchev–Trinajstić information content (AvgIpc) is 2.70. The molecule has 0 amide bonds. The molecule has 0 saturated heterocycles. The second-order valence-electron chi connectivity index (χ2n) is 6.30. The summed E-state index contributed by atoms with van der Waals surface area (Å²) >= 11 is 0. The molecule has 0 unspecified atom stereocenters. The fraction of sp³-hybridized carbons (Fsp3) is 0.0833. The van der Waals surface area contributed by atoms with Gasteiger partial charge in [-0.05, 0) is 46.2 Å². The van der Waals surface area contributed by atoms with Crippen LogP contribution in [-0.2, 0) is 13.1 Å². The maximum Gasteiger partial charge on any atom is 0.127 e. The van der Waals surface area contributed by atoms with E-state index in [1.165, 1.54) is 21.9 Å². The predicted octanol–water partition coefficient (Wildman–Crippen LogP) is 5.92. The third-order valence-electron chi connectivity index (χ3n) is 4.43. The lowest BCUT2D eigenvalue weighted by Gasteiger charge is -2.09. The molecule has 128 valence electrons. The van der Waals surface area contributed by atoms with E-state index in [-0.39, 0.29) is 0 Å². The first-order valence-electron chi connectivity index (χ1n) is 8.88. The molecule has 0 atom stereocenters. The van der Waals surface area contributed by atoms with Crippen LogP contribution in [0.15, 0.2) is 97.1 Å². The van der Waals surface area contributed by atoms with E-state index in [4.69, 9.17) is 4.74 Å². The minimum Gasteiger partial charge on any atom is -0.457 e. The molecule has 0 aliphatic rings. The lowest BCUT2D eigenvalue weighted by Crippen LogP contribution is -2.12. The van der Waals surface area contributed by atoms with E-state index in [1.54, 1.807) is 0 Å². The Kier molecular flexibility index (Phi) is 4.95. The number of fused-ring (bicyclic) bond motifs is 1. The topological polar surface area (TPSA) is 21.3 Å². The van der Waals surface area contributed by atoms with Crippen LogP contribution < -0.4 is 10.1 Å². The largest absolute Gasteiger partial charge is 0.457 e. The van der Waals surface area contributed by atoms with Crippen molar-refractivity contribution in [3.63, 3.8) is 0 Å². The Bertz CT molecular complexity index is 972. The highest BCUT2D eigenvalue weighted by Crippen LogP contribution is 2.21. The van der Waals surface area contributed by atoms with Crippen LogP contribution >= 0.6 is 0 Å². The molecule has 0 aliphatic heterocycles. The maximum absolute atomic E-state index is 5.83. The van der Waals surface area contributed by atoms with Crippen molar-refractivity contribution < 1.29 is 4.74 Å². The zero-order chi connectivity index (χ0) is 17.6. The third kappa shape index (κ3) is 3.93. The van der Waals surface area contributed by atoms with Crippen LogP contribution in [0.5, 0.6) is 11.5 Å². The first-order valence-corrected chi connectivity index (χ1v) is 8.88. The van der Waals surface area contributed by atoms with E-state index in [2.05, 4.69) is 59.9 Å². The Balaban J connectivity index is 1.36. The van der Waals surface area contributed by atoms with Gasteiger partial charge in [0.2, 0.25) is 0 Å². The number of para-hydroxylation sites is 1. The third-order valence-corrected chi connectivity index (χ3v) is 4.43. The molecule has 4 aromatic carbocycles. The van der Waals surface area contributed by atoms with E-state index < -0.39 is 0 Å². The van der Waals surface area contributed by atoms with Crippen molar-refractivity contribution in [1.29, 1.82) is 0 Å². The predicted molar refractivity (Wildman–Crippen MR) is 107 cm³/mol. The minimum absolute atomic E-state index is 0.828. The number of hydrogen-bond donors (Lipinski definition) is 1. The average molecular weight is 339 g/mol. The molecule has 0 radical (unpaired) electrons. The summed E-state index contributed by atoms with van der Waals surface area (Å²) in [6.07, 6.45) is 0. The molecule has 1 N–H and O–H groups in total. The van der Waals surface area contributed by atoms with Crippen molar-refractivity contribution in [2.24, 2.45) is 0 Å². The molecule has 0 spiro atoms. The molecule has 0 heterocycles. The van der Waals surface area contributed by atoms with Gasteiger partial charge in [0, 0.05) is 13.1 Å². The van der Waals surface area contributed by atoms with Gasteiger partial charge in [-0.15, -0.1) is 0 Å². The summed E-state index contributed by atoms with van der Waals surface area (Å²) in [6.45, 7) is 1.68. The van der Waals surface area contributed by atoms with Crippen LogP contribution in [0.4, 0.5) is 0 Å². The van der Waals surface area contributed by atoms with Gasteiger partial charge >= 0.3 is 0 Å². The molecule has 2 nitrogen and oxygen atoms in total. The number of ether oxygens (including phenoxy) is 1. The van der Waals surface area contributed by atoms with Crippen molar-refractivity contribution in [2.75, 3.05) is 0 Å². The number of nitrogens with one attached hydrogen (secondary N) is 1. The summed E-state index contributed by atoms with van der Waals surface area (Å²) in [6, 6.07) is 33.1. The highest BCUT2D eigenvalue weighted by atomic mass is 16.5. The van der Waals surface area contributed by atoms with Crippen molar-refractivity contribution in [3.05, 3.63) is 108 Å². The number of hydrogen-bond acceptors (Lipinski definition) is 2. The van der Waals surface area contributed by atoms with E-state index >= 15 is 0 Å². The van der Waals surface area contributed by atoms with Gasteiger partial charge in [0.15, 0.2) is 0 Å². The summed E-state index contributed by atoms with van der Waals surface area (Å²) in [5.41, 5.74) is 2.57. The Labute approximate surface area is 154 Å². The van der Waals surface area contributed by atoms with E-state index in [0.717, 1.165) is 24.6 Å². The van der Waals surface area contributed by atoms with Gasteiger partial charge in [-0.3, -0.25) is 0 Å². The fourth-order valence-electron chi connectivity index (χ4n) is 3.09. The van der Waals surface area contributed by atoms with Gasteiger partial charge < -0.3 is 10.1 Å². The van der Waals surface area contributed by atoms with E-state index in [9.17, 15) is 0 Å². The molecule has 26 heavy (non-hydrogen) atoms. The number of rotatable bonds is 6. The second kappa shape index (κ2) is 7.85. The number of benzene rings is 4. The molecule has 4 aromatic rings. The molecule has 0 aliphatic carbocycles. The standard InChI is InChI=1S/C24H21NO/c1-2-10-22(11-3-1)26-23-15-13-19(14-16-23)17-25-18-21-9-6-8-20-7-4-5-12-24(20)21/h1-16,25H,17-18H2. The quantitative estimate of drug-likeness (QED) is 0.470. The van der Waals surface area contributed by atoms with Crippen molar-refractivity contribution in [3.8, 4) is 11.5 Å². The normalized spacial score (nSPS) is 10.8. The smallest absolute Gasteiger partial charge is 0.127 e. The van der Waals surface area contributed by atoms with Crippen molar-refractivity contribution >= 4 is 10.8 Å². The van der Waals surface area contributed by atoms with E-state index in [0.29, 0.717) is 0 Å². The first kappa shape index (κ1) is 16.4. The highest BCUT2D eigenvalue weighted by Gasteiger charge is 2.01. The summed E-state index contributed by atoms with van der Waals surface area (Å²) in [4.78, 5) is 0. The monoisotopic (exact) mass is 339 g/mol. The Morgan fingerprint density at radius 3 is 2.12 bits per heavy atom. The van der Waals surface area contributed by atoms with Gasteiger partial charge in [0.25, 0.3) is 0 Å². The summed E-state index contributed by atoms with van der Waals surface area (Å²) < 4.78 is 5.83. The summed E-state index contributed by atoms with van der Waals surface area (Å²) in [5, 5.41) is 6.14. The highest BCUT2D eigenvalue weighted by molar-refractivity contribution is 5.85. The van der Waals surface area contributed by atoms with Crippen LogP contribution in [0.25, 0.3) is 10.8 Å². The van der Waals surface area contributed by atoms with Gasteiger partial charge in [-0.2, -0.15) is 0 Å².